The molecular weight excluding hydrogens is 220 g/mol. The Morgan fingerprint density at radius 3 is 2.71 bits per heavy atom. The molecule has 0 rings (SSSR count). The number of esters is 1. The van der Waals surface area contributed by atoms with E-state index in [4.69, 9.17) is 10.3 Å². The van der Waals surface area contributed by atoms with Crippen molar-refractivity contribution in [1.82, 2.24) is 5.32 Å². The molecule has 0 aliphatic carbocycles. The van der Waals surface area contributed by atoms with Crippen LogP contribution in [-0.2, 0) is 9.53 Å². The summed E-state index contributed by atoms with van der Waals surface area (Å²) in [7, 11) is 0. The van der Waals surface area contributed by atoms with Crippen molar-refractivity contribution >= 4 is 5.97 Å². The number of azide groups is 1. The number of hydrogen-bond donors (Lipinski definition) is 1. The first kappa shape index (κ1) is 15.7. The van der Waals surface area contributed by atoms with Crippen LogP contribution in [0, 0.1) is 5.92 Å². The third kappa shape index (κ3) is 6.14. The van der Waals surface area contributed by atoms with Gasteiger partial charge in [-0.3, -0.25) is 4.79 Å². The van der Waals surface area contributed by atoms with Gasteiger partial charge in [-0.25, -0.2) is 0 Å². The van der Waals surface area contributed by atoms with Crippen LogP contribution >= 0.6 is 0 Å². The van der Waals surface area contributed by atoms with Gasteiger partial charge < -0.3 is 10.1 Å². The molecule has 0 radical (unpaired) electrons. The van der Waals surface area contributed by atoms with Crippen molar-refractivity contribution in [1.29, 1.82) is 0 Å². The number of carbonyl (C=O) groups excluding carboxylic acids is 1. The van der Waals surface area contributed by atoms with Crippen LogP contribution in [0.2, 0.25) is 0 Å². The van der Waals surface area contributed by atoms with Gasteiger partial charge in [0.25, 0.3) is 0 Å². The average Bonchev–Trinajstić information content (AvgIpc) is 2.24. The number of rotatable bonds is 8. The lowest BCUT2D eigenvalue weighted by Crippen LogP contribution is -2.52. The predicted molar refractivity (Wildman–Crippen MR) is 66.5 cm³/mol. The Bertz CT molecular complexity index is 287. The van der Waals surface area contributed by atoms with Gasteiger partial charge in [-0.05, 0) is 31.7 Å². The quantitative estimate of drug-likeness (QED) is 0.233. The van der Waals surface area contributed by atoms with Gasteiger partial charge >= 0.3 is 5.97 Å². The van der Waals surface area contributed by atoms with Gasteiger partial charge in [-0.2, -0.15) is 0 Å². The standard InChI is InChI=1S/C11H22N4O2/c1-5-17-10(16)11(4,8-9(2)3)13-6-7-14-15-12/h9,13H,5-8H2,1-4H3. The van der Waals surface area contributed by atoms with Crippen molar-refractivity contribution in [2.45, 2.75) is 39.7 Å². The van der Waals surface area contributed by atoms with E-state index in [0.29, 0.717) is 32.0 Å². The number of ether oxygens (including phenoxy) is 1. The van der Waals surface area contributed by atoms with Crippen molar-refractivity contribution < 1.29 is 9.53 Å². The number of nitrogens with zero attached hydrogens (tertiary/aromatic N) is 3. The molecule has 0 saturated heterocycles. The van der Waals surface area contributed by atoms with Crippen molar-refractivity contribution in [2.24, 2.45) is 11.0 Å². The molecular formula is C11H22N4O2. The van der Waals surface area contributed by atoms with Gasteiger partial charge in [0, 0.05) is 18.0 Å². The van der Waals surface area contributed by atoms with Gasteiger partial charge in [0.2, 0.25) is 0 Å². The Labute approximate surface area is 102 Å². The Morgan fingerprint density at radius 1 is 1.59 bits per heavy atom. The summed E-state index contributed by atoms with van der Waals surface area (Å²) < 4.78 is 5.06. The van der Waals surface area contributed by atoms with Crippen LogP contribution in [-0.4, -0.2) is 31.2 Å². The highest BCUT2D eigenvalue weighted by Gasteiger charge is 2.34. The third-order valence-corrected chi connectivity index (χ3v) is 2.33. The fourth-order valence-electron chi connectivity index (χ4n) is 1.76. The smallest absolute Gasteiger partial charge is 0.326 e. The number of carbonyl (C=O) groups is 1. The van der Waals surface area contributed by atoms with Gasteiger partial charge in [-0.15, -0.1) is 0 Å². The normalized spacial score (nSPS) is 13.9. The monoisotopic (exact) mass is 242 g/mol. The van der Waals surface area contributed by atoms with Crippen LogP contribution in [0.25, 0.3) is 10.4 Å². The largest absolute Gasteiger partial charge is 0.465 e. The summed E-state index contributed by atoms with van der Waals surface area (Å²) in [5.41, 5.74) is 7.46. The van der Waals surface area contributed by atoms with Crippen LogP contribution in [0.5, 0.6) is 0 Å². The Morgan fingerprint density at radius 2 is 2.24 bits per heavy atom. The lowest BCUT2D eigenvalue weighted by atomic mass is 9.90. The summed E-state index contributed by atoms with van der Waals surface area (Å²) in [6, 6.07) is 0. The molecule has 0 spiro atoms. The first-order valence-electron chi connectivity index (χ1n) is 5.89. The highest BCUT2D eigenvalue weighted by molar-refractivity contribution is 5.80. The van der Waals surface area contributed by atoms with Crippen LogP contribution < -0.4 is 5.32 Å². The van der Waals surface area contributed by atoms with Crippen molar-refractivity contribution in [2.75, 3.05) is 19.7 Å². The van der Waals surface area contributed by atoms with Gasteiger partial charge in [0.15, 0.2) is 0 Å². The minimum Gasteiger partial charge on any atom is -0.465 e. The minimum atomic E-state index is -0.713. The van der Waals surface area contributed by atoms with Crippen molar-refractivity contribution in [3.05, 3.63) is 10.4 Å². The molecule has 1 atom stereocenters. The highest BCUT2D eigenvalue weighted by atomic mass is 16.5. The van der Waals surface area contributed by atoms with Gasteiger partial charge in [0.05, 0.1) is 6.61 Å². The molecule has 0 aliphatic heterocycles. The maximum Gasteiger partial charge on any atom is 0.326 e. The fraction of sp³-hybridized carbons (Fsp3) is 0.909. The Kier molecular flexibility index (Phi) is 7.34. The van der Waals surface area contributed by atoms with E-state index in [-0.39, 0.29) is 5.97 Å². The van der Waals surface area contributed by atoms with Crippen LogP contribution in [0.3, 0.4) is 0 Å². The third-order valence-electron chi connectivity index (χ3n) is 2.33. The number of nitrogens with one attached hydrogen (secondary N) is 1. The molecule has 17 heavy (non-hydrogen) atoms. The zero-order valence-corrected chi connectivity index (χ0v) is 11.1. The lowest BCUT2D eigenvalue weighted by Gasteiger charge is -2.30. The molecule has 0 aromatic carbocycles. The summed E-state index contributed by atoms with van der Waals surface area (Å²) in [4.78, 5) is 14.5. The molecule has 1 N–H and O–H groups in total. The Balaban J connectivity index is 4.48. The summed E-state index contributed by atoms with van der Waals surface area (Å²) in [5.74, 6) is 0.117. The molecule has 0 amide bonds. The average molecular weight is 242 g/mol. The molecule has 0 bridgehead atoms. The van der Waals surface area contributed by atoms with E-state index in [1.165, 1.54) is 0 Å². The zero-order chi connectivity index (χ0) is 13.3. The molecule has 0 saturated carbocycles. The summed E-state index contributed by atoms with van der Waals surface area (Å²) >= 11 is 0. The molecule has 98 valence electrons. The Hall–Kier alpha value is -1.26. The van der Waals surface area contributed by atoms with Gasteiger partial charge in [-0.1, -0.05) is 19.0 Å². The highest BCUT2D eigenvalue weighted by Crippen LogP contribution is 2.18. The second-order valence-electron chi connectivity index (χ2n) is 4.53. The second-order valence-corrected chi connectivity index (χ2v) is 4.53. The van der Waals surface area contributed by atoms with E-state index in [9.17, 15) is 4.79 Å². The lowest BCUT2D eigenvalue weighted by molar-refractivity contribution is -0.151. The molecule has 0 aromatic heterocycles. The molecule has 0 heterocycles. The summed E-state index contributed by atoms with van der Waals surface area (Å²) in [6.45, 7) is 8.86. The van der Waals surface area contributed by atoms with Crippen LogP contribution in [0.4, 0.5) is 0 Å². The van der Waals surface area contributed by atoms with E-state index in [1.54, 1.807) is 6.92 Å². The summed E-state index contributed by atoms with van der Waals surface area (Å²) in [6.07, 6.45) is 0.683. The molecule has 6 nitrogen and oxygen atoms in total. The van der Waals surface area contributed by atoms with E-state index in [1.807, 2.05) is 20.8 Å². The van der Waals surface area contributed by atoms with Crippen LogP contribution in [0.15, 0.2) is 5.11 Å². The van der Waals surface area contributed by atoms with E-state index < -0.39 is 5.54 Å². The fourth-order valence-corrected chi connectivity index (χ4v) is 1.76. The maximum atomic E-state index is 11.9. The molecule has 6 heteroatoms. The SMILES string of the molecule is CCOC(=O)C(C)(CC(C)C)NCCN=[N+]=[N-]. The first-order valence-corrected chi connectivity index (χ1v) is 5.89. The van der Waals surface area contributed by atoms with E-state index >= 15 is 0 Å². The zero-order valence-electron chi connectivity index (χ0n) is 11.1. The molecule has 0 aromatic rings. The van der Waals surface area contributed by atoms with Crippen molar-refractivity contribution in [3.8, 4) is 0 Å². The summed E-state index contributed by atoms with van der Waals surface area (Å²) in [5, 5.41) is 6.53. The topological polar surface area (TPSA) is 87.1 Å². The van der Waals surface area contributed by atoms with Gasteiger partial charge in [0.1, 0.15) is 5.54 Å². The maximum absolute atomic E-state index is 11.9. The number of hydrogen-bond acceptors (Lipinski definition) is 4. The van der Waals surface area contributed by atoms with E-state index in [0.717, 1.165) is 0 Å². The second kappa shape index (κ2) is 7.92. The first-order chi connectivity index (χ1) is 7.96. The van der Waals surface area contributed by atoms with Crippen molar-refractivity contribution in [3.63, 3.8) is 0 Å². The van der Waals surface area contributed by atoms with E-state index in [2.05, 4.69) is 15.3 Å². The predicted octanol–water partition coefficient (Wildman–Crippen LogP) is 2.25. The molecule has 0 fully saturated rings. The molecule has 1 unspecified atom stereocenters. The minimum absolute atomic E-state index is 0.255. The van der Waals surface area contributed by atoms with Crippen LogP contribution in [0.1, 0.15) is 34.1 Å². The molecule has 0 aliphatic rings.